The van der Waals surface area contributed by atoms with Crippen LogP contribution in [-0.2, 0) is 10.8 Å². The van der Waals surface area contributed by atoms with Crippen molar-refractivity contribution in [3.05, 3.63) is 42.7 Å². The highest BCUT2D eigenvalue weighted by molar-refractivity contribution is 7.84. The number of unbranched alkanes of at least 4 members (excludes halogenated alkanes) is 11. The molecule has 0 radical (unpaired) electrons. The maximum atomic E-state index is 12.3. The molecule has 0 amide bonds. The highest BCUT2D eigenvalue weighted by Gasteiger charge is 2.12. The van der Waals surface area contributed by atoms with Gasteiger partial charge in [0.2, 0.25) is 0 Å². The molecule has 0 N–H and O–H groups in total. The maximum Gasteiger partial charge on any atom is 0.287 e. The van der Waals surface area contributed by atoms with Crippen LogP contribution in [0.4, 0.5) is 0 Å². The topological polar surface area (TPSA) is 56.0 Å². The van der Waals surface area contributed by atoms with Gasteiger partial charge in [0.05, 0.1) is 6.20 Å². The summed E-state index contributed by atoms with van der Waals surface area (Å²) in [7, 11) is -1.17. The van der Waals surface area contributed by atoms with Gasteiger partial charge in [-0.2, -0.15) is 0 Å². The summed E-state index contributed by atoms with van der Waals surface area (Å²) in [4.78, 5) is 8.40. The number of hydrogen-bond acceptors (Lipinski definition) is 4. The van der Waals surface area contributed by atoms with Crippen LogP contribution in [0.25, 0.3) is 11.5 Å². The second-order valence-electron chi connectivity index (χ2n) is 7.84. The highest BCUT2D eigenvalue weighted by atomic mass is 32.2. The molecule has 166 valence electrons. The first-order chi connectivity index (χ1) is 14.8. The summed E-state index contributed by atoms with van der Waals surface area (Å²) >= 11 is 0. The van der Waals surface area contributed by atoms with Gasteiger partial charge in [-0.25, -0.2) is 9.19 Å². The molecule has 5 heteroatoms. The third-order valence-corrected chi connectivity index (χ3v) is 6.43. The summed E-state index contributed by atoms with van der Waals surface area (Å²) in [6.07, 6.45) is 24.4. The molecule has 1 unspecified atom stereocenters. The number of rotatable bonds is 17. The first-order valence-electron chi connectivity index (χ1n) is 11.7. The average molecular weight is 431 g/mol. The lowest BCUT2D eigenvalue weighted by atomic mass is 10.1. The van der Waals surface area contributed by atoms with E-state index in [1.54, 1.807) is 12.4 Å². The fourth-order valence-electron chi connectivity index (χ4n) is 3.38. The minimum absolute atomic E-state index is 0.311. The van der Waals surface area contributed by atoms with Crippen molar-refractivity contribution in [3.63, 3.8) is 0 Å². The van der Waals surface area contributed by atoms with E-state index >= 15 is 0 Å². The SMILES string of the molecule is CCCCCCCC/C=C\CCCCCCCS(=O)c1ncc(-c2ccccn2)o1. The largest absolute Gasteiger partial charge is 0.428 e. The lowest BCUT2D eigenvalue weighted by Gasteiger charge is -2.00. The Morgan fingerprint density at radius 2 is 1.53 bits per heavy atom. The summed E-state index contributed by atoms with van der Waals surface area (Å²) in [5, 5.41) is 0.311. The van der Waals surface area contributed by atoms with Crippen LogP contribution in [0.15, 0.2) is 52.4 Å². The molecule has 4 nitrogen and oxygen atoms in total. The predicted octanol–water partition coefficient (Wildman–Crippen LogP) is 7.49. The van der Waals surface area contributed by atoms with E-state index in [0.29, 0.717) is 22.4 Å². The monoisotopic (exact) mass is 430 g/mol. The molecular weight excluding hydrogens is 392 g/mol. The van der Waals surface area contributed by atoms with E-state index in [-0.39, 0.29) is 0 Å². The van der Waals surface area contributed by atoms with Crippen molar-refractivity contribution in [1.82, 2.24) is 9.97 Å². The fraction of sp³-hybridized carbons (Fsp3) is 0.600. The van der Waals surface area contributed by atoms with Gasteiger partial charge < -0.3 is 4.42 Å². The van der Waals surface area contributed by atoms with Gasteiger partial charge in [-0.3, -0.25) is 4.98 Å². The zero-order chi connectivity index (χ0) is 21.3. The van der Waals surface area contributed by atoms with Crippen LogP contribution in [0.5, 0.6) is 0 Å². The molecule has 0 aliphatic rings. The summed E-state index contributed by atoms with van der Waals surface area (Å²) in [5.74, 6) is 1.18. The molecule has 2 heterocycles. The molecule has 1 atom stereocenters. The molecule has 0 aliphatic carbocycles. The van der Waals surface area contributed by atoms with E-state index in [0.717, 1.165) is 12.8 Å². The minimum Gasteiger partial charge on any atom is -0.428 e. The fourth-order valence-corrected chi connectivity index (χ4v) is 4.38. The first kappa shape index (κ1) is 24.5. The Labute approximate surface area is 185 Å². The molecule has 0 fully saturated rings. The third-order valence-electron chi connectivity index (χ3n) is 5.19. The molecule has 0 saturated heterocycles. The van der Waals surface area contributed by atoms with Crippen LogP contribution in [0.1, 0.15) is 90.4 Å². The summed E-state index contributed by atoms with van der Waals surface area (Å²) in [6, 6.07) is 5.61. The lowest BCUT2D eigenvalue weighted by Crippen LogP contribution is -1.98. The van der Waals surface area contributed by atoms with Gasteiger partial charge in [-0.1, -0.05) is 76.5 Å². The predicted molar refractivity (Wildman–Crippen MR) is 126 cm³/mol. The van der Waals surface area contributed by atoms with Gasteiger partial charge in [0.1, 0.15) is 16.5 Å². The number of aromatic nitrogens is 2. The van der Waals surface area contributed by atoms with Crippen LogP contribution in [0.2, 0.25) is 0 Å². The minimum atomic E-state index is -1.17. The van der Waals surface area contributed by atoms with Crippen molar-refractivity contribution in [2.24, 2.45) is 0 Å². The Balaban J connectivity index is 1.45. The van der Waals surface area contributed by atoms with Crippen molar-refractivity contribution >= 4 is 10.8 Å². The summed E-state index contributed by atoms with van der Waals surface area (Å²) in [5.41, 5.74) is 0.717. The van der Waals surface area contributed by atoms with E-state index in [4.69, 9.17) is 4.42 Å². The van der Waals surface area contributed by atoms with E-state index in [2.05, 4.69) is 29.0 Å². The van der Waals surface area contributed by atoms with Crippen molar-refractivity contribution in [1.29, 1.82) is 0 Å². The van der Waals surface area contributed by atoms with E-state index in [1.165, 1.54) is 70.6 Å². The smallest absolute Gasteiger partial charge is 0.287 e. The highest BCUT2D eigenvalue weighted by Crippen LogP contribution is 2.19. The van der Waals surface area contributed by atoms with E-state index in [1.807, 2.05) is 18.2 Å². The Kier molecular flexibility index (Phi) is 13.1. The number of nitrogens with zero attached hydrogens (tertiary/aromatic N) is 2. The van der Waals surface area contributed by atoms with Gasteiger partial charge in [-0.15, -0.1) is 0 Å². The molecule has 0 aliphatic heterocycles. The molecule has 30 heavy (non-hydrogen) atoms. The Hall–Kier alpha value is -1.75. The van der Waals surface area contributed by atoms with Crippen molar-refractivity contribution in [2.75, 3.05) is 5.75 Å². The van der Waals surface area contributed by atoms with Gasteiger partial charge in [0.25, 0.3) is 5.22 Å². The number of oxazole rings is 1. The second kappa shape index (κ2) is 16.0. The Morgan fingerprint density at radius 3 is 2.20 bits per heavy atom. The Bertz CT molecular complexity index is 728. The molecule has 0 saturated carbocycles. The molecule has 0 spiro atoms. The molecular formula is C25H38N2O2S. The van der Waals surface area contributed by atoms with Crippen LogP contribution in [0.3, 0.4) is 0 Å². The standard InChI is InChI=1S/C25H38N2O2S/c1-2-3-4-5-6-7-8-9-10-11-12-13-14-15-18-21-30(28)25-27-22-24(29-25)23-19-16-17-20-26-23/h9-10,16-17,19-20,22H,2-8,11-15,18,21H2,1H3/b10-9-. The summed E-state index contributed by atoms with van der Waals surface area (Å²) in [6.45, 7) is 2.27. The van der Waals surface area contributed by atoms with Crippen LogP contribution in [-0.4, -0.2) is 19.9 Å². The normalized spacial score (nSPS) is 12.6. The maximum absolute atomic E-state index is 12.3. The van der Waals surface area contributed by atoms with Crippen LogP contribution < -0.4 is 0 Å². The van der Waals surface area contributed by atoms with Crippen molar-refractivity contribution in [3.8, 4) is 11.5 Å². The first-order valence-corrected chi connectivity index (χ1v) is 13.0. The van der Waals surface area contributed by atoms with Gasteiger partial charge in [0.15, 0.2) is 5.76 Å². The van der Waals surface area contributed by atoms with Crippen LogP contribution >= 0.6 is 0 Å². The zero-order valence-electron chi connectivity index (χ0n) is 18.6. The van der Waals surface area contributed by atoms with Crippen molar-refractivity contribution < 1.29 is 8.63 Å². The lowest BCUT2D eigenvalue weighted by molar-refractivity contribution is 0.454. The van der Waals surface area contributed by atoms with E-state index < -0.39 is 10.8 Å². The molecule has 2 rings (SSSR count). The molecule has 0 bridgehead atoms. The number of allylic oxidation sites excluding steroid dienone is 2. The number of pyridine rings is 1. The van der Waals surface area contributed by atoms with E-state index in [9.17, 15) is 4.21 Å². The second-order valence-corrected chi connectivity index (χ2v) is 9.29. The molecule has 0 aromatic carbocycles. The molecule has 2 aromatic heterocycles. The average Bonchev–Trinajstić information content (AvgIpc) is 3.27. The molecule has 2 aromatic rings. The van der Waals surface area contributed by atoms with Gasteiger partial charge in [-0.05, 0) is 44.2 Å². The third kappa shape index (κ3) is 10.3. The van der Waals surface area contributed by atoms with Crippen LogP contribution in [0, 0.1) is 0 Å². The quantitative estimate of drug-likeness (QED) is 0.193. The van der Waals surface area contributed by atoms with Crippen molar-refractivity contribution in [2.45, 2.75) is 95.6 Å². The van der Waals surface area contributed by atoms with Gasteiger partial charge >= 0.3 is 0 Å². The Morgan fingerprint density at radius 1 is 0.867 bits per heavy atom. The summed E-state index contributed by atoms with van der Waals surface area (Å²) < 4.78 is 18.0. The zero-order valence-corrected chi connectivity index (χ0v) is 19.4. The number of hydrogen-bond donors (Lipinski definition) is 0. The van der Waals surface area contributed by atoms with Gasteiger partial charge in [0, 0.05) is 11.9 Å².